The molecular weight excluding hydrogens is 267 g/mol. The summed E-state index contributed by atoms with van der Waals surface area (Å²) in [7, 11) is 0. The van der Waals surface area contributed by atoms with Crippen molar-refractivity contribution in [1.29, 1.82) is 0 Å². The van der Waals surface area contributed by atoms with Crippen LogP contribution < -0.4 is 10.6 Å². The highest BCUT2D eigenvalue weighted by Gasteiger charge is 2.24. The van der Waals surface area contributed by atoms with E-state index in [9.17, 15) is 18.8 Å². The Labute approximate surface area is 114 Å². The molecule has 1 aliphatic carbocycles. The van der Waals surface area contributed by atoms with E-state index in [0.29, 0.717) is 0 Å². The first-order chi connectivity index (χ1) is 9.56. The summed E-state index contributed by atoms with van der Waals surface area (Å²) >= 11 is 0. The Morgan fingerprint density at radius 3 is 2.60 bits per heavy atom. The van der Waals surface area contributed by atoms with Gasteiger partial charge in [0.1, 0.15) is 5.82 Å². The number of hydrogen-bond donors (Lipinski definition) is 2. The van der Waals surface area contributed by atoms with Gasteiger partial charge in [0.2, 0.25) is 0 Å². The van der Waals surface area contributed by atoms with Gasteiger partial charge in [0, 0.05) is 6.04 Å². The first-order valence-electron chi connectivity index (χ1n) is 6.08. The summed E-state index contributed by atoms with van der Waals surface area (Å²) in [5.74, 6) is -2.46. The van der Waals surface area contributed by atoms with Crippen molar-refractivity contribution in [3.05, 3.63) is 35.6 Å². The lowest BCUT2D eigenvalue weighted by molar-refractivity contribution is -0.123. The quantitative estimate of drug-likeness (QED) is 0.805. The number of rotatable bonds is 4. The Hall–Kier alpha value is -2.44. The second-order valence-corrected chi connectivity index (χ2v) is 4.35. The number of nitrogens with one attached hydrogen (secondary N) is 2. The summed E-state index contributed by atoms with van der Waals surface area (Å²) in [6.45, 7) is -0.648. The first kappa shape index (κ1) is 14.0. The Kier molecular flexibility index (Phi) is 4.29. The minimum Gasteiger partial charge on any atom is -0.452 e. The summed E-state index contributed by atoms with van der Waals surface area (Å²) in [5.41, 5.74) is -0.261. The SMILES string of the molecule is O=C(COC(=O)c1ccccc1F)NC(=O)NC1CC1. The van der Waals surface area contributed by atoms with Crippen LogP contribution in [0.3, 0.4) is 0 Å². The summed E-state index contributed by atoms with van der Waals surface area (Å²) in [4.78, 5) is 34.1. The number of urea groups is 1. The lowest BCUT2D eigenvalue weighted by Gasteiger charge is -2.07. The molecule has 7 heteroatoms. The molecule has 1 aliphatic rings. The van der Waals surface area contributed by atoms with Crippen molar-refractivity contribution in [2.24, 2.45) is 0 Å². The van der Waals surface area contributed by atoms with Gasteiger partial charge in [0.15, 0.2) is 6.61 Å². The molecule has 20 heavy (non-hydrogen) atoms. The third-order valence-electron chi connectivity index (χ3n) is 2.59. The standard InChI is InChI=1S/C13H13FN2O4/c14-10-4-2-1-3-9(10)12(18)20-7-11(17)16-13(19)15-8-5-6-8/h1-4,8H,5-7H2,(H2,15,16,17,19). The molecule has 0 atom stereocenters. The molecule has 6 nitrogen and oxygen atoms in total. The van der Waals surface area contributed by atoms with Gasteiger partial charge < -0.3 is 10.1 Å². The fourth-order valence-corrected chi connectivity index (χ4v) is 1.45. The summed E-state index contributed by atoms with van der Waals surface area (Å²) < 4.78 is 17.9. The predicted octanol–water partition coefficient (Wildman–Crippen LogP) is 0.971. The molecule has 1 aromatic carbocycles. The van der Waals surface area contributed by atoms with E-state index in [4.69, 9.17) is 0 Å². The fourth-order valence-electron chi connectivity index (χ4n) is 1.45. The summed E-state index contributed by atoms with van der Waals surface area (Å²) in [5, 5.41) is 4.55. The molecule has 0 unspecified atom stereocenters. The number of halogens is 1. The maximum absolute atomic E-state index is 13.3. The lowest BCUT2D eigenvalue weighted by atomic mass is 10.2. The molecule has 0 bridgehead atoms. The van der Waals surface area contributed by atoms with E-state index < -0.39 is 30.3 Å². The van der Waals surface area contributed by atoms with Crippen LogP contribution in [0.5, 0.6) is 0 Å². The molecule has 1 fully saturated rings. The Balaban J connectivity index is 1.76. The summed E-state index contributed by atoms with van der Waals surface area (Å²) in [6.07, 6.45) is 1.79. The first-order valence-corrected chi connectivity index (χ1v) is 6.08. The van der Waals surface area contributed by atoms with Gasteiger partial charge in [-0.2, -0.15) is 0 Å². The van der Waals surface area contributed by atoms with E-state index in [1.54, 1.807) is 0 Å². The normalized spacial score (nSPS) is 13.4. The van der Waals surface area contributed by atoms with Crippen molar-refractivity contribution < 1.29 is 23.5 Å². The van der Waals surface area contributed by atoms with Crippen LogP contribution in [-0.4, -0.2) is 30.6 Å². The Morgan fingerprint density at radius 1 is 1.25 bits per heavy atom. The number of carbonyl (C=O) groups is 3. The van der Waals surface area contributed by atoms with E-state index in [1.807, 2.05) is 5.32 Å². The number of hydrogen-bond acceptors (Lipinski definition) is 4. The van der Waals surface area contributed by atoms with Crippen LogP contribution in [-0.2, 0) is 9.53 Å². The molecule has 0 saturated heterocycles. The molecule has 0 spiro atoms. The largest absolute Gasteiger partial charge is 0.452 e. The van der Waals surface area contributed by atoms with Gasteiger partial charge >= 0.3 is 12.0 Å². The maximum atomic E-state index is 13.3. The number of carbonyl (C=O) groups excluding carboxylic acids is 3. The molecule has 106 valence electrons. The highest BCUT2D eigenvalue weighted by molar-refractivity contribution is 5.97. The number of imide groups is 1. The number of amides is 3. The van der Waals surface area contributed by atoms with E-state index in [1.165, 1.54) is 18.2 Å². The van der Waals surface area contributed by atoms with Gasteiger partial charge in [-0.3, -0.25) is 10.1 Å². The predicted molar refractivity (Wildman–Crippen MR) is 66.4 cm³/mol. The molecule has 0 heterocycles. The van der Waals surface area contributed by atoms with Crippen molar-refractivity contribution in [2.75, 3.05) is 6.61 Å². The van der Waals surface area contributed by atoms with Crippen LogP contribution in [0.15, 0.2) is 24.3 Å². The molecule has 0 aliphatic heterocycles. The van der Waals surface area contributed by atoms with Crippen LogP contribution in [0.2, 0.25) is 0 Å². The number of ether oxygens (including phenoxy) is 1. The van der Waals surface area contributed by atoms with Gasteiger partial charge in [-0.1, -0.05) is 12.1 Å². The zero-order chi connectivity index (χ0) is 14.5. The molecular formula is C13H13FN2O4. The van der Waals surface area contributed by atoms with Gasteiger partial charge in [0.05, 0.1) is 5.56 Å². The third-order valence-corrected chi connectivity index (χ3v) is 2.59. The van der Waals surface area contributed by atoms with E-state index in [-0.39, 0.29) is 11.6 Å². The smallest absolute Gasteiger partial charge is 0.341 e. The van der Waals surface area contributed by atoms with Crippen molar-refractivity contribution >= 4 is 17.9 Å². The second-order valence-electron chi connectivity index (χ2n) is 4.35. The summed E-state index contributed by atoms with van der Waals surface area (Å²) in [6, 6.07) is 4.75. The van der Waals surface area contributed by atoms with Crippen LogP contribution >= 0.6 is 0 Å². The zero-order valence-corrected chi connectivity index (χ0v) is 10.5. The van der Waals surface area contributed by atoms with Crippen molar-refractivity contribution in [2.45, 2.75) is 18.9 Å². The van der Waals surface area contributed by atoms with Crippen LogP contribution in [0.1, 0.15) is 23.2 Å². The molecule has 0 aromatic heterocycles. The third kappa shape index (κ3) is 4.04. The second kappa shape index (κ2) is 6.14. The minimum atomic E-state index is -0.958. The van der Waals surface area contributed by atoms with Crippen molar-refractivity contribution in [3.8, 4) is 0 Å². The zero-order valence-electron chi connectivity index (χ0n) is 10.5. The van der Waals surface area contributed by atoms with E-state index in [2.05, 4.69) is 10.1 Å². The number of esters is 1. The average molecular weight is 280 g/mol. The van der Waals surface area contributed by atoms with Crippen LogP contribution in [0, 0.1) is 5.82 Å². The van der Waals surface area contributed by atoms with Crippen molar-refractivity contribution in [3.63, 3.8) is 0 Å². The van der Waals surface area contributed by atoms with Gasteiger partial charge in [-0.15, -0.1) is 0 Å². The van der Waals surface area contributed by atoms with Crippen LogP contribution in [0.25, 0.3) is 0 Å². The monoisotopic (exact) mass is 280 g/mol. The molecule has 2 rings (SSSR count). The molecule has 2 N–H and O–H groups in total. The maximum Gasteiger partial charge on any atom is 0.341 e. The average Bonchev–Trinajstić information content (AvgIpc) is 3.20. The van der Waals surface area contributed by atoms with E-state index >= 15 is 0 Å². The Bertz CT molecular complexity index is 543. The van der Waals surface area contributed by atoms with Crippen molar-refractivity contribution in [1.82, 2.24) is 10.6 Å². The minimum absolute atomic E-state index is 0.115. The number of benzene rings is 1. The van der Waals surface area contributed by atoms with Crippen LogP contribution in [0.4, 0.5) is 9.18 Å². The van der Waals surface area contributed by atoms with Gasteiger partial charge in [-0.05, 0) is 25.0 Å². The molecule has 1 saturated carbocycles. The fraction of sp³-hybridized carbons (Fsp3) is 0.308. The topological polar surface area (TPSA) is 84.5 Å². The van der Waals surface area contributed by atoms with E-state index in [0.717, 1.165) is 18.9 Å². The lowest BCUT2D eigenvalue weighted by Crippen LogP contribution is -2.42. The highest BCUT2D eigenvalue weighted by Crippen LogP contribution is 2.18. The Morgan fingerprint density at radius 2 is 1.95 bits per heavy atom. The van der Waals surface area contributed by atoms with Gasteiger partial charge in [-0.25, -0.2) is 14.0 Å². The molecule has 0 radical (unpaired) electrons. The van der Waals surface area contributed by atoms with Gasteiger partial charge in [0.25, 0.3) is 5.91 Å². The molecule has 3 amide bonds. The molecule has 1 aromatic rings. The highest BCUT2D eigenvalue weighted by atomic mass is 19.1.